The third-order valence-electron chi connectivity index (χ3n) is 5.48. The predicted octanol–water partition coefficient (Wildman–Crippen LogP) is 4.85. The normalized spacial score (nSPS) is 12.0. The molecule has 0 radical (unpaired) electrons. The van der Waals surface area contributed by atoms with Crippen LogP contribution in [-0.2, 0) is 26.2 Å². The largest absolute Gasteiger partial charge is 0.355 e. The van der Waals surface area contributed by atoms with Crippen molar-refractivity contribution in [3.8, 4) is 0 Å². The van der Waals surface area contributed by atoms with Crippen LogP contribution in [0.5, 0.6) is 0 Å². The van der Waals surface area contributed by atoms with Gasteiger partial charge in [-0.3, -0.25) is 13.9 Å². The van der Waals surface area contributed by atoms with Crippen LogP contribution in [0.1, 0.15) is 19.4 Å². The van der Waals surface area contributed by atoms with E-state index in [9.17, 15) is 18.0 Å². The van der Waals surface area contributed by atoms with E-state index in [-0.39, 0.29) is 23.0 Å². The van der Waals surface area contributed by atoms with Crippen molar-refractivity contribution in [2.75, 3.05) is 17.4 Å². The molecule has 0 heterocycles. The van der Waals surface area contributed by atoms with E-state index in [2.05, 4.69) is 21.2 Å². The first-order valence-corrected chi connectivity index (χ1v) is 13.9. The predicted molar refractivity (Wildman–Crippen MR) is 145 cm³/mol. The number of anilines is 1. The fourth-order valence-electron chi connectivity index (χ4n) is 3.59. The van der Waals surface area contributed by atoms with Crippen molar-refractivity contribution in [1.29, 1.82) is 0 Å². The van der Waals surface area contributed by atoms with Crippen molar-refractivity contribution in [2.24, 2.45) is 0 Å². The molecule has 0 bridgehead atoms. The quantitative estimate of drug-likeness (QED) is 0.365. The first-order valence-electron chi connectivity index (χ1n) is 11.3. The summed E-state index contributed by atoms with van der Waals surface area (Å²) in [6.45, 7) is 3.44. The highest BCUT2D eigenvalue weighted by Crippen LogP contribution is 2.26. The molecule has 3 aromatic rings. The van der Waals surface area contributed by atoms with Crippen LogP contribution in [0.25, 0.3) is 0 Å². The average molecular weight is 593 g/mol. The Morgan fingerprint density at radius 2 is 1.67 bits per heavy atom. The van der Waals surface area contributed by atoms with Crippen LogP contribution in [0.4, 0.5) is 5.69 Å². The standard InChI is InChI=1S/C26H27BrClN3O4S/c1-3-29-26(33)19(2)30(17-20-8-7-9-21(27)16-20)25(32)18-31(23-14-12-22(28)13-15-23)36(34,35)24-10-5-4-6-11-24/h4-16,19H,3,17-18H2,1-2H3,(H,29,33). The average Bonchev–Trinajstić information content (AvgIpc) is 2.86. The fraction of sp³-hybridized carbons (Fsp3) is 0.231. The molecule has 3 rings (SSSR count). The summed E-state index contributed by atoms with van der Waals surface area (Å²) >= 11 is 9.45. The molecule has 0 aromatic heterocycles. The lowest BCUT2D eigenvalue weighted by Crippen LogP contribution is -2.51. The molecule has 36 heavy (non-hydrogen) atoms. The monoisotopic (exact) mass is 591 g/mol. The molecule has 3 aromatic carbocycles. The van der Waals surface area contributed by atoms with Gasteiger partial charge < -0.3 is 10.2 Å². The Morgan fingerprint density at radius 3 is 2.28 bits per heavy atom. The van der Waals surface area contributed by atoms with Crippen LogP contribution >= 0.6 is 27.5 Å². The number of carbonyl (C=O) groups is 2. The van der Waals surface area contributed by atoms with Gasteiger partial charge in [0.15, 0.2) is 0 Å². The molecule has 0 saturated heterocycles. The summed E-state index contributed by atoms with van der Waals surface area (Å²) in [5.74, 6) is -0.854. The molecule has 0 aliphatic heterocycles. The van der Waals surface area contributed by atoms with Crippen molar-refractivity contribution in [2.45, 2.75) is 31.3 Å². The Bertz CT molecular complexity index is 1300. The third-order valence-corrected chi connectivity index (χ3v) is 8.02. The van der Waals surface area contributed by atoms with Gasteiger partial charge in [0.25, 0.3) is 10.0 Å². The molecule has 1 N–H and O–H groups in total. The highest BCUT2D eigenvalue weighted by atomic mass is 79.9. The minimum Gasteiger partial charge on any atom is -0.355 e. The van der Waals surface area contributed by atoms with E-state index in [1.165, 1.54) is 17.0 Å². The summed E-state index contributed by atoms with van der Waals surface area (Å²) in [5.41, 5.74) is 1.07. The van der Waals surface area contributed by atoms with Gasteiger partial charge in [0.2, 0.25) is 11.8 Å². The van der Waals surface area contributed by atoms with Gasteiger partial charge in [0.1, 0.15) is 12.6 Å². The van der Waals surface area contributed by atoms with Gasteiger partial charge in [-0.05, 0) is 67.9 Å². The molecule has 10 heteroatoms. The Labute approximate surface area is 225 Å². The highest BCUT2D eigenvalue weighted by Gasteiger charge is 2.32. The zero-order chi connectivity index (χ0) is 26.3. The summed E-state index contributed by atoms with van der Waals surface area (Å²) < 4.78 is 29.1. The second-order valence-electron chi connectivity index (χ2n) is 8.02. The SMILES string of the molecule is CCNC(=O)C(C)N(Cc1cccc(Br)c1)C(=O)CN(c1ccc(Cl)cc1)S(=O)(=O)c1ccccc1. The van der Waals surface area contributed by atoms with Gasteiger partial charge >= 0.3 is 0 Å². The Morgan fingerprint density at radius 1 is 1.00 bits per heavy atom. The van der Waals surface area contributed by atoms with Crippen LogP contribution in [0.3, 0.4) is 0 Å². The summed E-state index contributed by atoms with van der Waals surface area (Å²) in [7, 11) is -4.10. The summed E-state index contributed by atoms with van der Waals surface area (Å²) in [6.07, 6.45) is 0. The van der Waals surface area contributed by atoms with Crippen molar-refractivity contribution in [3.05, 3.63) is 93.9 Å². The van der Waals surface area contributed by atoms with Gasteiger partial charge in [-0.1, -0.05) is 57.9 Å². The third kappa shape index (κ3) is 6.87. The Balaban J connectivity index is 2.01. The maximum absolute atomic E-state index is 13.7. The number of halogens is 2. The van der Waals surface area contributed by atoms with E-state index < -0.39 is 28.5 Å². The molecule has 0 aliphatic rings. The minimum atomic E-state index is -4.10. The molecule has 190 valence electrons. The number of carbonyl (C=O) groups excluding carboxylic acids is 2. The number of nitrogens with zero attached hydrogens (tertiary/aromatic N) is 2. The van der Waals surface area contributed by atoms with Crippen molar-refractivity contribution in [3.63, 3.8) is 0 Å². The second-order valence-corrected chi connectivity index (χ2v) is 11.2. The molecular formula is C26H27BrClN3O4S. The zero-order valence-corrected chi connectivity index (χ0v) is 23.1. The van der Waals surface area contributed by atoms with E-state index in [1.807, 2.05) is 24.3 Å². The van der Waals surface area contributed by atoms with Gasteiger partial charge in [0, 0.05) is 22.6 Å². The van der Waals surface area contributed by atoms with Crippen molar-refractivity contribution < 1.29 is 18.0 Å². The lowest BCUT2D eigenvalue weighted by molar-refractivity contribution is -0.139. The number of rotatable bonds is 10. The van der Waals surface area contributed by atoms with Crippen molar-refractivity contribution >= 4 is 55.1 Å². The molecule has 2 amide bonds. The number of benzene rings is 3. The van der Waals surface area contributed by atoms with E-state index in [1.54, 1.807) is 56.3 Å². The molecule has 1 atom stereocenters. The van der Waals surface area contributed by atoms with E-state index >= 15 is 0 Å². The first-order chi connectivity index (χ1) is 17.1. The molecule has 0 fully saturated rings. The van der Waals surface area contributed by atoms with E-state index in [0.29, 0.717) is 11.6 Å². The van der Waals surface area contributed by atoms with E-state index in [4.69, 9.17) is 11.6 Å². The molecule has 1 unspecified atom stereocenters. The molecular weight excluding hydrogens is 566 g/mol. The maximum atomic E-state index is 13.7. The molecule has 0 spiro atoms. The summed E-state index contributed by atoms with van der Waals surface area (Å²) in [6, 6.07) is 20.6. The van der Waals surface area contributed by atoms with Crippen LogP contribution in [0.15, 0.2) is 88.2 Å². The van der Waals surface area contributed by atoms with Gasteiger partial charge in [-0.25, -0.2) is 8.42 Å². The second kappa shape index (κ2) is 12.4. The number of hydrogen-bond donors (Lipinski definition) is 1. The number of nitrogens with one attached hydrogen (secondary N) is 1. The Hall–Kier alpha value is -2.88. The van der Waals surface area contributed by atoms with E-state index in [0.717, 1.165) is 14.3 Å². The van der Waals surface area contributed by atoms with Crippen LogP contribution in [-0.4, -0.2) is 44.3 Å². The highest BCUT2D eigenvalue weighted by molar-refractivity contribution is 9.10. The number of sulfonamides is 1. The maximum Gasteiger partial charge on any atom is 0.264 e. The van der Waals surface area contributed by atoms with Gasteiger partial charge in [-0.2, -0.15) is 0 Å². The van der Waals surface area contributed by atoms with Crippen LogP contribution in [0.2, 0.25) is 5.02 Å². The zero-order valence-electron chi connectivity index (χ0n) is 19.9. The van der Waals surface area contributed by atoms with Crippen molar-refractivity contribution in [1.82, 2.24) is 10.2 Å². The topological polar surface area (TPSA) is 86.8 Å². The Kier molecular flexibility index (Phi) is 9.53. The van der Waals surface area contributed by atoms with Crippen LogP contribution in [0, 0.1) is 0 Å². The minimum absolute atomic E-state index is 0.0445. The van der Waals surface area contributed by atoms with Crippen LogP contribution < -0.4 is 9.62 Å². The molecule has 0 aliphatic carbocycles. The fourth-order valence-corrected chi connectivity index (χ4v) is 5.60. The molecule has 7 nitrogen and oxygen atoms in total. The first kappa shape index (κ1) is 27.7. The lowest BCUT2D eigenvalue weighted by atomic mass is 10.1. The number of hydrogen-bond acceptors (Lipinski definition) is 4. The van der Waals surface area contributed by atoms with Gasteiger partial charge in [-0.15, -0.1) is 0 Å². The number of likely N-dealkylation sites (N-methyl/N-ethyl adjacent to an activating group) is 1. The smallest absolute Gasteiger partial charge is 0.264 e. The summed E-state index contributed by atoms with van der Waals surface area (Å²) in [4.78, 5) is 27.8. The van der Waals surface area contributed by atoms with Gasteiger partial charge in [0.05, 0.1) is 10.6 Å². The molecule has 0 saturated carbocycles. The summed E-state index contributed by atoms with van der Waals surface area (Å²) in [5, 5.41) is 3.17. The lowest BCUT2D eigenvalue weighted by Gasteiger charge is -2.32. The number of amides is 2.